The first kappa shape index (κ1) is 17.1. The van der Waals surface area contributed by atoms with Crippen molar-refractivity contribution in [1.29, 1.82) is 0 Å². The first-order chi connectivity index (χ1) is 10.1. The van der Waals surface area contributed by atoms with Crippen LogP contribution in [-0.4, -0.2) is 23.5 Å². The molecule has 0 spiro atoms. The average molecular weight is 319 g/mol. The molecule has 0 saturated carbocycles. The lowest BCUT2D eigenvalue weighted by Gasteiger charge is -2.42. The second kappa shape index (κ2) is 5.72. The first-order valence-electron chi connectivity index (χ1n) is 7.11. The second-order valence-corrected chi connectivity index (χ2v) is 6.12. The Hall–Kier alpha value is -1.30. The number of benzene rings is 1. The fraction of sp³-hybridized carbons (Fsp3) is 0.562. The van der Waals surface area contributed by atoms with Gasteiger partial charge in [-0.05, 0) is 43.9 Å². The summed E-state index contributed by atoms with van der Waals surface area (Å²) in [6.45, 7) is 3.32. The normalized spacial score (nSPS) is 24.3. The van der Waals surface area contributed by atoms with Gasteiger partial charge in [-0.1, -0.05) is 13.8 Å². The van der Waals surface area contributed by atoms with Crippen molar-refractivity contribution in [2.24, 2.45) is 0 Å². The van der Waals surface area contributed by atoms with Crippen molar-refractivity contribution in [2.75, 3.05) is 6.61 Å². The fourth-order valence-electron chi connectivity index (χ4n) is 3.08. The predicted octanol–water partition coefficient (Wildman–Crippen LogP) is 4.16. The van der Waals surface area contributed by atoms with Gasteiger partial charge in [0.15, 0.2) is 5.60 Å². The van der Waals surface area contributed by atoms with Crippen LogP contribution in [0.2, 0.25) is 0 Å². The Labute approximate surface area is 127 Å². The van der Waals surface area contributed by atoms with Crippen molar-refractivity contribution >= 4 is 0 Å². The lowest BCUT2D eigenvalue weighted by molar-refractivity contribution is -0.267. The topological polar surface area (TPSA) is 29.5 Å². The highest BCUT2D eigenvalue weighted by Gasteiger charge is 2.56. The Morgan fingerprint density at radius 1 is 1.36 bits per heavy atom. The van der Waals surface area contributed by atoms with E-state index in [1.165, 1.54) is 31.5 Å². The third kappa shape index (κ3) is 3.07. The SMILES string of the molecule is C[CH]CC(O)(CC1(C)CCOc2ccc(F)cc21)C(F)(F)F. The van der Waals surface area contributed by atoms with Gasteiger partial charge in [-0.2, -0.15) is 13.2 Å². The van der Waals surface area contributed by atoms with Crippen molar-refractivity contribution in [3.8, 4) is 5.75 Å². The van der Waals surface area contributed by atoms with Gasteiger partial charge in [-0.3, -0.25) is 0 Å². The molecule has 2 unspecified atom stereocenters. The summed E-state index contributed by atoms with van der Waals surface area (Å²) in [4.78, 5) is 0. The number of rotatable bonds is 4. The second-order valence-electron chi connectivity index (χ2n) is 6.12. The summed E-state index contributed by atoms with van der Waals surface area (Å²) in [5.74, 6) is -0.159. The zero-order valence-electron chi connectivity index (χ0n) is 12.5. The Morgan fingerprint density at radius 2 is 2.05 bits per heavy atom. The van der Waals surface area contributed by atoms with Crippen molar-refractivity contribution in [3.05, 3.63) is 36.0 Å². The molecule has 0 fully saturated rings. The minimum absolute atomic E-state index is 0.235. The third-order valence-electron chi connectivity index (χ3n) is 4.26. The monoisotopic (exact) mass is 319 g/mol. The van der Waals surface area contributed by atoms with Gasteiger partial charge in [0.05, 0.1) is 6.61 Å². The molecule has 0 aromatic heterocycles. The van der Waals surface area contributed by atoms with E-state index in [4.69, 9.17) is 4.74 Å². The van der Waals surface area contributed by atoms with Gasteiger partial charge in [-0.25, -0.2) is 4.39 Å². The molecule has 0 amide bonds. The molecule has 2 atom stereocenters. The largest absolute Gasteiger partial charge is 0.493 e. The number of halogens is 4. The summed E-state index contributed by atoms with van der Waals surface area (Å²) in [6, 6.07) is 3.82. The van der Waals surface area contributed by atoms with Crippen LogP contribution in [0.25, 0.3) is 0 Å². The molecule has 2 nitrogen and oxygen atoms in total. The Bertz CT molecular complexity index is 543. The van der Waals surface area contributed by atoms with Gasteiger partial charge in [0.1, 0.15) is 11.6 Å². The molecule has 0 saturated heterocycles. The lowest BCUT2D eigenvalue weighted by atomic mass is 9.69. The highest BCUT2D eigenvalue weighted by atomic mass is 19.4. The van der Waals surface area contributed by atoms with E-state index in [0.717, 1.165) is 0 Å². The summed E-state index contributed by atoms with van der Waals surface area (Å²) in [6.07, 6.45) is -4.21. The number of fused-ring (bicyclic) bond motifs is 1. The number of aliphatic hydroxyl groups is 1. The molecule has 6 heteroatoms. The van der Waals surface area contributed by atoms with Crippen LogP contribution in [0.4, 0.5) is 17.6 Å². The minimum atomic E-state index is -4.76. The van der Waals surface area contributed by atoms with Crippen LogP contribution in [0.5, 0.6) is 5.75 Å². The van der Waals surface area contributed by atoms with Crippen LogP contribution >= 0.6 is 0 Å². The molecule has 123 valence electrons. The van der Waals surface area contributed by atoms with E-state index in [1.54, 1.807) is 6.92 Å². The average Bonchev–Trinajstić information content (AvgIpc) is 2.38. The zero-order valence-corrected chi connectivity index (χ0v) is 12.5. The summed E-state index contributed by atoms with van der Waals surface area (Å²) >= 11 is 0. The van der Waals surface area contributed by atoms with E-state index in [-0.39, 0.29) is 13.0 Å². The summed E-state index contributed by atoms with van der Waals surface area (Å²) in [7, 11) is 0. The van der Waals surface area contributed by atoms with Gasteiger partial charge >= 0.3 is 6.18 Å². The molecule has 1 aromatic carbocycles. The zero-order chi connectivity index (χ0) is 16.6. The molecule has 1 aromatic rings. The number of hydrogen-bond acceptors (Lipinski definition) is 2. The predicted molar refractivity (Wildman–Crippen MR) is 74.1 cm³/mol. The fourth-order valence-corrected chi connectivity index (χ4v) is 3.08. The molecule has 1 heterocycles. The van der Waals surface area contributed by atoms with Crippen molar-refractivity contribution < 1.29 is 27.4 Å². The highest BCUT2D eigenvalue weighted by Crippen LogP contribution is 2.48. The van der Waals surface area contributed by atoms with Crippen LogP contribution in [0, 0.1) is 12.2 Å². The molecule has 1 radical (unpaired) electrons. The van der Waals surface area contributed by atoms with E-state index in [1.807, 2.05) is 0 Å². The molecule has 22 heavy (non-hydrogen) atoms. The molecule has 0 bridgehead atoms. The molecular formula is C16H19F4O2. The van der Waals surface area contributed by atoms with Crippen LogP contribution in [0.1, 0.15) is 38.7 Å². The Kier molecular flexibility index (Phi) is 4.44. The van der Waals surface area contributed by atoms with Crippen molar-refractivity contribution in [2.45, 2.75) is 50.3 Å². The summed E-state index contributed by atoms with van der Waals surface area (Å²) in [5, 5.41) is 10.2. The molecular weight excluding hydrogens is 300 g/mol. The highest BCUT2D eigenvalue weighted by molar-refractivity contribution is 5.41. The van der Waals surface area contributed by atoms with Gasteiger partial charge in [0.2, 0.25) is 0 Å². The van der Waals surface area contributed by atoms with Crippen LogP contribution in [0.15, 0.2) is 18.2 Å². The maximum atomic E-state index is 13.5. The number of hydrogen-bond donors (Lipinski definition) is 1. The van der Waals surface area contributed by atoms with E-state index in [2.05, 4.69) is 0 Å². The van der Waals surface area contributed by atoms with Crippen molar-refractivity contribution in [1.82, 2.24) is 0 Å². The quantitative estimate of drug-likeness (QED) is 0.844. The first-order valence-corrected chi connectivity index (χ1v) is 7.11. The molecule has 1 N–H and O–H groups in total. The molecule has 2 rings (SSSR count). The van der Waals surface area contributed by atoms with Crippen molar-refractivity contribution in [3.63, 3.8) is 0 Å². The Morgan fingerprint density at radius 3 is 2.64 bits per heavy atom. The molecule has 0 aliphatic carbocycles. The van der Waals surface area contributed by atoms with Gasteiger partial charge in [0, 0.05) is 11.0 Å². The summed E-state index contributed by atoms with van der Waals surface area (Å²) in [5.41, 5.74) is -3.47. The molecule has 1 aliphatic rings. The van der Waals surface area contributed by atoms with E-state index >= 15 is 0 Å². The van der Waals surface area contributed by atoms with Crippen LogP contribution in [0.3, 0.4) is 0 Å². The lowest BCUT2D eigenvalue weighted by Crippen LogP contribution is -2.50. The summed E-state index contributed by atoms with van der Waals surface area (Å²) < 4.78 is 58.8. The van der Waals surface area contributed by atoms with E-state index in [9.17, 15) is 22.7 Å². The standard InChI is InChI=1S/C16H19F4O2/c1-3-6-15(21,16(18,19)20)10-14(2)7-8-22-13-5-4-11(17)9-12(13)14/h3-5,9,21H,6-8,10H2,1-2H3. The minimum Gasteiger partial charge on any atom is -0.493 e. The Balaban J connectivity index is 2.42. The smallest absolute Gasteiger partial charge is 0.417 e. The third-order valence-corrected chi connectivity index (χ3v) is 4.26. The van der Waals surface area contributed by atoms with Crippen LogP contribution in [-0.2, 0) is 5.41 Å². The van der Waals surface area contributed by atoms with Gasteiger partial charge < -0.3 is 9.84 Å². The van der Waals surface area contributed by atoms with Gasteiger partial charge in [0.25, 0.3) is 0 Å². The van der Waals surface area contributed by atoms with Gasteiger partial charge in [-0.15, -0.1) is 0 Å². The van der Waals surface area contributed by atoms with E-state index < -0.39 is 35.9 Å². The maximum absolute atomic E-state index is 13.5. The molecule has 1 aliphatic heterocycles. The van der Waals surface area contributed by atoms with Crippen LogP contribution < -0.4 is 4.74 Å². The number of ether oxygens (including phenoxy) is 1. The van der Waals surface area contributed by atoms with E-state index in [0.29, 0.717) is 11.3 Å². The number of alkyl halides is 3. The maximum Gasteiger partial charge on any atom is 0.417 e.